The highest BCUT2D eigenvalue weighted by Crippen LogP contribution is 2.22. The van der Waals surface area contributed by atoms with Gasteiger partial charge in [-0.15, -0.1) is 0 Å². The number of nitrogens with zero attached hydrogens (tertiary/aromatic N) is 1. The van der Waals surface area contributed by atoms with Crippen molar-refractivity contribution in [2.24, 2.45) is 5.41 Å². The number of amides is 1. The van der Waals surface area contributed by atoms with Crippen molar-refractivity contribution in [3.05, 3.63) is 0 Å². The van der Waals surface area contributed by atoms with Crippen molar-refractivity contribution in [2.45, 2.75) is 33.3 Å². The molecule has 1 aliphatic rings. The fourth-order valence-electron chi connectivity index (χ4n) is 1.51. The van der Waals surface area contributed by atoms with Gasteiger partial charge in [0, 0.05) is 26.2 Å². The van der Waals surface area contributed by atoms with Crippen LogP contribution in [0.25, 0.3) is 0 Å². The maximum absolute atomic E-state index is 11.8. The first-order chi connectivity index (χ1) is 6.91. The average molecular weight is 214 g/mol. The molecule has 1 saturated heterocycles. The Bertz CT molecular complexity index is 217. The molecule has 0 radical (unpaired) electrons. The summed E-state index contributed by atoms with van der Waals surface area (Å²) in [5, 5.41) is 13.0. The van der Waals surface area contributed by atoms with E-state index in [1.54, 1.807) is 0 Å². The number of hydrogen-bond donors (Lipinski definition) is 2. The second-order valence-corrected chi connectivity index (χ2v) is 5.22. The topological polar surface area (TPSA) is 52.6 Å². The Labute approximate surface area is 91.6 Å². The third kappa shape index (κ3) is 3.80. The smallest absolute Gasteiger partial charge is 0.225 e. The fourth-order valence-corrected chi connectivity index (χ4v) is 1.51. The molecule has 1 unspecified atom stereocenters. The Kier molecular flexibility index (Phi) is 4.11. The van der Waals surface area contributed by atoms with E-state index in [1.165, 1.54) is 0 Å². The van der Waals surface area contributed by atoms with Crippen molar-refractivity contribution in [2.75, 3.05) is 26.2 Å². The van der Waals surface area contributed by atoms with E-state index in [-0.39, 0.29) is 17.7 Å². The molecule has 1 amide bonds. The normalized spacial score (nSPS) is 20.1. The molecule has 1 aliphatic heterocycles. The summed E-state index contributed by atoms with van der Waals surface area (Å²) in [6, 6.07) is 0. The lowest BCUT2D eigenvalue weighted by Gasteiger charge is -2.31. The van der Waals surface area contributed by atoms with Gasteiger partial charge in [0.05, 0.1) is 12.5 Å². The van der Waals surface area contributed by atoms with Crippen LogP contribution < -0.4 is 5.32 Å². The van der Waals surface area contributed by atoms with Crippen molar-refractivity contribution >= 4 is 5.91 Å². The lowest BCUT2D eigenvalue weighted by atomic mass is 9.87. The van der Waals surface area contributed by atoms with Gasteiger partial charge in [0.15, 0.2) is 0 Å². The van der Waals surface area contributed by atoms with E-state index in [0.29, 0.717) is 0 Å². The zero-order valence-corrected chi connectivity index (χ0v) is 9.92. The number of hydrogen-bond acceptors (Lipinski definition) is 3. The predicted molar refractivity (Wildman–Crippen MR) is 59.5 cm³/mol. The Hall–Kier alpha value is -0.610. The highest BCUT2D eigenvalue weighted by molar-refractivity contribution is 5.76. The van der Waals surface area contributed by atoms with E-state index < -0.39 is 6.10 Å². The number of rotatable bonds is 2. The van der Waals surface area contributed by atoms with Crippen LogP contribution in [0.15, 0.2) is 0 Å². The van der Waals surface area contributed by atoms with E-state index in [9.17, 15) is 9.90 Å². The van der Waals surface area contributed by atoms with Crippen LogP contribution in [0, 0.1) is 5.41 Å². The van der Waals surface area contributed by atoms with Crippen LogP contribution in [0.1, 0.15) is 27.2 Å². The van der Waals surface area contributed by atoms with Gasteiger partial charge in [0.25, 0.3) is 0 Å². The van der Waals surface area contributed by atoms with Crippen molar-refractivity contribution < 1.29 is 9.90 Å². The van der Waals surface area contributed by atoms with Gasteiger partial charge in [-0.3, -0.25) is 4.79 Å². The first-order valence-corrected chi connectivity index (χ1v) is 5.58. The second-order valence-electron chi connectivity index (χ2n) is 5.22. The zero-order valence-electron chi connectivity index (χ0n) is 9.92. The van der Waals surface area contributed by atoms with Crippen LogP contribution in [-0.2, 0) is 4.79 Å². The van der Waals surface area contributed by atoms with Crippen LogP contribution in [0.5, 0.6) is 0 Å². The van der Waals surface area contributed by atoms with Crippen LogP contribution in [0.2, 0.25) is 0 Å². The number of carbonyl (C=O) groups excluding carboxylic acids is 1. The number of aliphatic hydroxyl groups excluding tert-OH is 1. The first-order valence-electron chi connectivity index (χ1n) is 5.58. The van der Waals surface area contributed by atoms with Gasteiger partial charge in [-0.25, -0.2) is 0 Å². The summed E-state index contributed by atoms with van der Waals surface area (Å²) >= 11 is 0. The molecule has 88 valence electrons. The summed E-state index contributed by atoms with van der Waals surface area (Å²) < 4.78 is 0. The van der Waals surface area contributed by atoms with E-state index >= 15 is 0 Å². The van der Waals surface area contributed by atoms with Crippen molar-refractivity contribution in [1.29, 1.82) is 0 Å². The first kappa shape index (κ1) is 12.5. The van der Waals surface area contributed by atoms with Crippen molar-refractivity contribution in [3.63, 3.8) is 0 Å². The molecule has 0 saturated carbocycles. The molecule has 4 heteroatoms. The number of carbonyl (C=O) groups is 1. The van der Waals surface area contributed by atoms with Gasteiger partial charge in [-0.2, -0.15) is 0 Å². The fraction of sp³-hybridized carbons (Fsp3) is 0.909. The van der Waals surface area contributed by atoms with E-state index in [4.69, 9.17) is 0 Å². The summed E-state index contributed by atoms with van der Waals surface area (Å²) in [6.45, 7) is 9.08. The van der Waals surface area contributed by atoms with Crippen LogP contribution >= 0.6 is 0 Å². The molecule has 1 heterocycles. The number of piperazine rings is 1. The summed E-state index contributed by atoms with van der Waals surface area (Å²) in [5.74, 6) is 0.0684. The molecule has 1 fully saturated rings. The van der Waals surface area contributed by atoms with Gasteiger partial charge < -0.3 is 15.3 Å². The quantitative estimate of drug-likeness (QED) is 0.691. The third-order valence-corrected chi connectivity index (χ3v) is 2.84. The van der Waals surface area contributed by atoms with Gasteiger partial charge in [0.2, 0.25) is 5.91 Å². The van der Waals surface area contributed by atoms with E-state index in [0.717, 1.165) is 26.2 Å². The molecule has 1 rings (SSSR count). The number of aliphatic hydroxyl groups is 1. The molecular weight excluding hydrogens is 192 g/mol. The predicted octanol–water partition coefficient (Wildman–Crippen LogP) is 0.215. The maximum atomic E-state index is 11.8. The Morgan fingerprint density at radius 2 is 1.93 bits per heavy atom. The second kappa shape index (κ2) is 4.94. The average Bonchev–Trinajstić information content (AvgIpc) is 2.17. The molecule has 0 spiro atoms. The molecule has 0 aliphatic carbocycles. The maximum Gasteiger partial charge on any atom is 0.225 e. The zero-order chi connectivity index (χ0) is 11.5. The van der Waals surface area contributed by atoms with Crippen LogP contribution in [0.3, 0.4) is 0 Å². The van der Waals surface area contributed by atoms with E-state index in [2.05, 4.69) is 5.32 Å². The summed E-state index contributed by atoms with van der Waals surface area (Å²) in [6.07, 6.45) is -0.316. The highest BCUT2D eigenvalue weighted by atomic mass is 16.3. The molecule has 0 aromatic carbocycles. The molecule has 0 aromatic heterocycles. The molecule has 2 N–H and O–H groups in total. The monoisotopic (exact) mass is 214 g/mol. The van der Waals surface area contributed by atoms with Gasteiger partial charge in [-0.05, 0) is 5.41 Å². The largest absolute Gasteiger partial charge is 0.392 e. The molecule has 1 atom stereocenters. The highest BCUT2D eigenvalue weighted by Gasteiger charge is 2.27. The van der Waals surface area contributed by atoms with Crippen LogP contribution in [-0.4, -0.2) is 48.2 Å². The molecule has 15 heavy (non-hydrogen) atoms. The minimum atomic E-state index is -0.556. The van der Waals surface area contributed by atoms with Gasteiger partial charge in [0.1, 0.15) is 0 Å². The molecule has 0 bridgehead atoms. The number of nitrogens with one attached hydrogen (secondary N) is 1. The minimum Gasteiger partial charge on any atom is -0.392 e. The molecule has 4 nitrogen and oxygen atoms in total. The summed E-state index contributed by atoms with van der Waals surface area (Å²) in [7, 11) is 0. The van der Waals surface area contributed by atoms with Crippen LogP contribution in [0.4, 0.5) is 0 Å². The molecule has 0 aromatic rings. The summed E-state index contributed by atoms with van der Waals surface area (Å²) in [5.41, 5.74) is -0.219. The Morgan fingerprint density at radius 3 is 2.40 bits per heavy atom. The lowest BCUT2D eigenvalue weighted by molar-refractivity contribution is -0.135. The van der Waals surface area contributed by atoms with Crippen molar-refractivity contribution in [1.82, 2.24) is 10.2 Å². The molecular formula is C11H22N2O2. The Morgan fingerprint density at radius 1 is 1.40 bits per heavy atom. The van der Waals surface area contributed by atoms with Gasteiger partial charge >= 0.3 is 0 Å². The van der Waals surface area contributed by atoms with Gasteiger partial charge in [-0.1, -0.05) is 20.8 Å². The Balaban J connectivity index is 2.40. The third-order valence-electron chi connectivity index (χ3n) is 2.84. The standard InChI is InChI=1S/C11H22N2O2/c1-11(2,3)9(14)8-10(15)13-6-4-12-5-7-13/h9,12,14H,4-8H2,1-3H3. The SMILES string of the molecule is CC(C)(C)C(O)CC(=O)N1CCNCC1. The lowest BCUT2D eigenvalue weighted by Crippen LogP contribution is -2.47. The minimum absolute atomic E-state index is 0.0684. The summed E-state index contributed by atoms with van der Waals surface area (Å²) in [4.78, 5) is 13.6. The van der Waals surface area contributed by atoms with E-state index in [1.807, 2.05) is 25.7 Å². The van der Waals surface area contributed by atoms with Crippen molar-refractivity contribution in [3.8, 4) is 0 Å².